The van der Waals surface area contributed by atoms with Crippen LogP contribution in [0.5, 0.6) is 0 Å². The minimum absolute atomic E-state index is 0.0846. The van der Waals surface area contributed by atoms with Gasteiger partial charge in [0.25, 0.3) is 0 Å². The molecule has 0 fully saturated rings. The molecule has 0 aliphatic rings. The van der Waals surface area contributed by atoms with Gasteiger partial charge in [-0.2, -0.15) is 0 Å². The molecule has 2 unspecified atom stereocenters. The molecule has 0 bridgehead atoms. The van der Waals surface area contributed by atoms with Crippen LogP contribution in [0.3, 0.4) is 0 Å². The maximum Gasteiger partial charge on any atom is 0.304 e. The van der Waals surface area contributed by atoms with Gasteiger partial charge in [0.2, 0.25) is 0 Å². The number of rotatable bonds is 7. The van der Waals surface area contributed by atoms with Crippen molar-refractivity contribution in [2.75, 3.05) is 13.6 Å². The number of carboxylic acids is 1. The van der Waals surface area contributed by atoms with Crippen LogP contribution in [0.4, 0.5) is 0 Å². The lowest BCUT2D eigenvalue weighted by Gasteiger charge is -2.35. The molecule has 0 aliphatic heterocycles. The van der Waals surface area contributed by atoms with Gasteiger partial charge < -0.3 is 10.2 Å². The van der Waals surface area contributed by atoms with Crippen molar-refractivity contribution in [1.29, 1.82) is 0 Å². The van der Waals surface area contributed by atoms with Crippen LogP contribution in [0.25, 0.3) is 0 Å². The Bertz CT molecular complexity index is 392. The number of aliphatic hydroxyl groups is 1. The molecule has 0 aromatic heterocycles. The van der Waals surface area contributed by atoms with Gasteiger partial charge in [-0.15, -0.1) is 0 Å². The summed E-state index contributed by atoms with van der Waals surface area (Å²) in [6.45, 7) is 4.50. The van der Waals surface area contributed by atoms with Crippen molar-refractivity contribution in [3.8, 4) is 0 Å². The minimum atomic E-state index is -0.816. The molecule has 0 spiro atoms. The van der Waals surface area contributed by atoms with Gasteiger partial charge >= 0.3 is 5.97 Å². The average Bonchev–Trinajstić information content (AvgIpc) is 2.37. The smallest absolute Gasteiger partial charge is 0.304 e. The van der Waals surface area contributed by atoms with Gasteiger partial charge in [-0.1, -0.05) is 44.2 Å². The topological polar surface area (TPSA) is 60.8 Å². The Morgan fingerprint density at radius 1 is 1.26 bits per heavy atom. The molecule has 106 valence electrons. The summed E-state index contributed by atoms with van der Waals surface area (Å²) in [7, 11) is 1.86. The molecule has 19 heavy (non-hydrogen) atoms. The molecule has 0 radical (unpaired) electrons. The summed E-state index contributed by atoms with van der Waals surface area (Å²) in [4.78, 5) is 12.6. The molecule has 2 N–H and O–H groups in total. The highest BCUT2D eigenvalue weighted by Crippen LogP contribution is 2.25. The van der Waals surface area contributed by atoms with Crippen LogP contribution >= 0.6 is 0 Å². The molecule has 1 aromatic rings. The van der Waals surface area contributed by atoms with Crippen molar-refractivity contribution in [3.05, 3.63) is 35.9 Å². The molecule has 1 rings (SSSR count). The van der Waals surface area contributed by atoms with E-state index in [4.69, 9.17) is 5.11 Å². The molecule has 0 heterocycles. The summed E-state index contributed by atoms with van der Waals surface area (Å²) in [5.74, 6) is -0.586. The standard InChI is InChI=1S/C15H23NO3/c1-11(2)14(16(3)10-9-13(17)18)15(19)12-7-5-4-6-8-12/h4-8,11,14-15,19H,9-10H2,1-3H3,(H,17,18). The molecule has 0 saturated carbocycles. The lowest BCUT2D eigenvalue weighted by Crippen LogP contribution is -2.41. The molecule has 2 atom stereocenters. The molecule has 0 amide bonds. The molecule has 0 saturated heterocycles. The third-order valence-electron chi connectivity index (χ3n) is 3.33. The fraction of sp³-hybridized carbons (Fsp3) is 0.533. The highest BCUT2D eigenvalue weighted by molar-refractivity contribution is 5.66. The maximum atomic E-state index is 10.6. The van der Waals surface area contributed by atoms with E-state index in [9.17, 15) is 9.90 Å². The Morgan fingerprint density at radius 2 is 1.84 bits per heavy atom. The Hall–Kier alpha value is -1.39. The zero-order chi connectivity index (χ0) is 14.4. The van der Waals surface area contributed by atoms with E-state index in [1.807, 2.05) is 56.1 Å². The lowest BCUT2D eigenvalue weighted by atomic mass is 9.92. The molecule has 4 heteroatoms. The number of benzene rings is 1. The summed E-state index contributed by atoms with van der Waals surface area (Å²) < 4.78 is 0. The highest BCUT2D eigenvalue weighted by Gasteiger charge is 2.27. The van der Waals surface area contributed by atoms with Crippen LogP contribution in [0.2, 0.25) is 0 Å². The van der Waals surface area contributed by atoms with Gasteiger partial charge in [0.05, 0.1) is 12.5 Å². The van der Waals surface area contributed by atoms with Crippen LogP contribution in [0.15, 0.2) is 30.3 Å². The predicted octanol–water partition coefficient (Wildman–Crippen LogP) is 2.15. The molecule has 0 aliphatic carbocycles. The Morgan fingerprint density at radius 3 is 2.32 bits per heavy atom. The van der Waals surface area contributed by atoms with Crippen molar-refractivity contribution < 1.29 is 15.0 Å². The maximum absolute atomic E-state index is 10.6. The van der Waals surface area contributed by atoms with E-state index in [-0.39, 0.29) is 18.4 Å². The van der Waals surface area contributed by atoms with E-state index in [1.54, 1.807) is 0 Å². The van der Waals surface area contributed by atoms with Gasteiger partial charge in [0, 0.05) is 12.6 Å². The van der Waals surface area contributed by atoms with E-state index < -0.39 is 12.1 Å². The van der Waals surface area contributed by atoms with Crippen LogP contribution in [0.1, 0.15) is 31.9 Å². The summed E-state index contributed by atoms with van der Waals surface area (Å²) in [5, 5.41) is 19.2. The fourth-order valence-corrected chi connectivity index (χ4v) is 2.38. The number of aliphatic carboxylic acids is 1. The summed E-state index contributed by atoms with van der Waals surface area (Å²) in [5.41, 5.74) is 0.864. The second-order valence-electron chi connectivity index (χ2n) is 5.21. The van der Waals surface area contributed by atoms with Crippen LogP contribution in [-0.2, 0) is 4.79 Å². The molecular weight excluding hydrogens is 242 g/mol. The van der Waals surface area contributed by atoms with Gasteiger partial charge in [-0.25, -0.2) is 0 Å². The van der Waals surface area contributed by atoms with Crippen molar-refractivity contribution in [2.24, 2.45) is 5.92 Å². The minimum Gasteiger partial charge on any atom is -0.481 e. The SMILES string of the molecule is CC(C)C(C(O)c1ccccc1)N(C)CCC(=O)O. The Labute approximate surface area is 114 Å². The molecule has 1 aromatic carbocycles. The Balaban J connectivity index is 2.79. The molecular formula is C15H23NO3. The van der Waals surface area contributed by atoms with E-state index in [0.29, 0.717) is 6.54 Å². The van der Waals surface area contributed by atoms with Crippen molar-refractivity contribution in [2.45, 2.75) is 32.4 Å². The van der Waals surface area contributed by atoms with Gasteiger partial charge in [-0.3, -0.25) is 9.69 Å². The quantitative estimate of drug-likeness (QED) is 0.793. The first-order valence-electron chi connectivity index (χ1n) is 6.58. The first-order valence-corrected chi connectivity index (χ1v) is 6.58. The first kappa shape index (κ1) is 15.7. The van der Waals surface area contributed by atoms with E-state index in [0.717, 1.165) is 5.56 Å². The van der Waals surface area contributed by atoms with Gasteiger partial charge in [0.1, 0.15) is 0 Å². The zero-order valence-corrected chi connectivity index (χ0v) is 11.8. The monoisotopic (exact) mass is 265 g/mol. The zero-order valence-electron chi connectivity index (χ0n) is 11.8. The number of hydrogen-bond acceptors (Lipinski definition) is 3. The van der Waals surface area contributed by atoms with E-state index in [1.165, 1.54) is 0 Å². The normalized spacial score (nSPS) is 14.6. The number of hydrogen-bond donors (Lipinski definition) is 2. The van der Waals surface area contributed by atoms with Gasteiger partial charge in [-0.05, 0) is 18.5 Å². The average molecular weight is 265 g/mol. The Kier molecular flexibility index (Phi) is 5.99. The fourth-order valence-electron chi connectivity index (χ4n) is 2.38. The number of carbonyl (C=O) groups is 1. The van der Waals surface area contributed by atoms with Crippen molar-refractivity contribution in [1.82, 2.24) is 4.90 Å². The largest absolute Gasteiger partial charge is 0.481 e. The van der Waals surface area contributed by atoms with E-state index >= 15 is 0 Å². The number of carboxylic acid groups (broad SMARTS) is 1. The van der Waals surface area contributed by atoms with Crippen LogP contribution < -0.4 is 0 Å². The number of aliphatic hydroxyl groups excluding tert-OH is 1. The highest BCUT2D eigenvalue weighted by atomic mass is 16.4. The second kappa shape index (κ2) is 7.26. The molecule has 4 nitrogen and oxygen atoms in total. The summed E-state index contributed by atoms with van der Waals surface area (Å²) >= 11 is 0. The lowest BCUT2D eigenvalue weighted by molar-refractivity contribution is -0.137. The van der Waals surface area contributed by atoms with Crippen molar-refractivity contribution >= 4 is 5.97 Å². The summed E-state index contributed by atoms with van der Waals surface area (Å²) in [6, 6.07) is 9.40. The van der Waals surface area contributed by atoms with Gasteiger partial charge in [0.15, 0.2) is 0 Å². The van der Waals surface area contributed by atoms with Crippen LogP contribution in [-0.4, -0.2) is 40.7 Å². The number of likely N-dealkylation sites (N-methyl/N-ethyl adjacent to an activating group) is 1. The third kappa shape index (κ3) is 4.65. The van der Waals surface area contributed by atoms with Crippen molar-refractivity contribution in [3.63, 3.8) is 0 Å². The first-order chi connectivity index (χ1) is 8.93. The van der Waals surface area contributed by atoms with E-state index in [2.05, 4.69) is 0 Å². The summed E-state index contributed by atoms with van der Waals surface area (Å²) in [6.07, 6.45) is -0.527. The van der Waals surface area contributed by atoms with Crippen LogP contribution in [0, 0.1) is 5.92 Å². The third-order valence-corrected chi connectivity index (χ3v) is 3.33. The second-order valence-corrected chi connectivity index (χ2v) is 5.21. The predicted molar refractivity (Wildman–Crippen MR) is 74.9 cm³/mol. The number of nitrogens with zero attached hydrogens (tertiary/aromatic N) is 1.